The number of fused-ring (bicyclic) bond motifs is 1. The zero-order valence-corrected chi connectivity index (χ0v) is 17.1. The summed E-state index contributed by atoms with van der Waals surface area (Å²) in [6.45, 7) is 8.48. The smallest absolute Gasteiger partial charge is 0.262 e. The Bertz CT molecular complexity index is 981. The van der Waals surface area contributed by atoms with E-state index in [1.807, 2.05) is 36.1 Å². The Labute approximate surface area is 161 Å². The zero-order valence-electron chi connectivity index (χ0n) is 16.2. The summed E-state index contributed by atoms with van der Waals surface area (Å²) in [5.41, 5.74) is 4.01. The number of carbonyl (C=O) groups is 1. The van der Waals surface area contributed by atoms with Crippen LogP contribution in [-0.4, -0.2) is 20.9 Å². The zero-order chi connectivity index (χ0) is 19.8. The third-order valence-corrected chi connectivity index (χ3v) is 6.24. The summed E-state index contributed by atoms with van der Waals surface area (Å²) in [7, 11) is -3.67. The standard InChI is InChI=1S/C21H26N2O3S/c1-14(2)13-23-19-9-8-18(12-17(19)7-10-21(23)24)22-27(25,26)20-11-15(3)5-6-16(20)4/h5-6,8-9,11-12,14,22H,7,10,13H2,1-4H3. The molecule has 1 amide bonds. The molecule has 0 aliphatic carbocycles. The van der Waals surface area contributed by atoms with Crippen molar-refractivity contribution in [3.05, 3.63) is 53.1 Å². The summed E-state index contributed by atoms with van der Waals surface area (Å²) in [5, 5.41) is 0. The molecule has 0 saturated carbocycles. The van der Waals surface area contributed by atoms with Crippen LogP contribution >= 0.6 is 0 Å². The Balaban J connectivity index is 1.91. The Morgan fingerprint density at radius 1 is 1.07 bits per heavy atom. The molecule has 0 fully saturated rings. The number of benzene rings is 2. The third-order valence-electron chi connectivity index (χ3n) is 4.71. The first-order valence-electron chi connectivity index (χ1n) is 9.21. The quantitative estimate of drug-likeness (QED) is 0.843. The number of aryl methyl sites for hydroxylation is 3. The molecule has 1 heterocycles. The van der Waals surface area contributed by atoms with E-state index in [2.05, 4.69) is 18.6 Å². The molecule has 5 nitrogen and oxygen atoms in total. The molecule has 0 atom stereocenters. The van der Waals surface area contributed by atoms with Crippen molar-refractivity contribution in [2.75, 3.05) is 16.2 Å². The number of nitrogens with zero attached hydrogens (tertiary/aromatic N) is 1. The fraction of sp³-hybridized carbons (Fsp3) is 0.381. The summed E-state index contributed by atoms with van der Waals surface area (Å²) in [4.78, 5) is 14.4. The summed E-state index contributed by atoms with van der Waals surface area (Å²) in [6.07, 6.45) is 1.08. The minimum atomic E-state index is -3.67. The average Bonchev–Trinajstić information content (AvgIpc) is 2.59. The SMILES string of the molecule is Cc1ccc(C)c(S(=O)(=O)Nc2ccc3c(c2)CCC(=O)N3CC(C)C)c1. The molecule has 2 aromatic rings. The maximum absolute atomic E-state index is 12.8. The van der Waals surface area contributed by atoms with Crippen LogP contribution in [0.15, 0.2) is 41.3 Å². The van der Waals surface area contributed by atoms with Crippen molar-refractivity contribution in [2.24, 2.45) is 5.92 Å². The van der Waals surface area contributed by atoms with E-state index >= 15 is 0 Å². The van der Waals surface area contributed by atoms with E-state index in [-0.39, 0.29) is 10.8 Å². The van der Waals surface area contributed by atoms with Crippen LogP contribution in [0.4, 0.5) is 11.4 Å². The minimum Gasteiger partial charge on any atom is -0.312 e. The second-order valence-corrected chi connectivity index (χ2v) is 9.27. The molecule has 1 N–H and O–H groups in total. The summed E-state index contributed by atoms with van der Waals surface area (Å²) >= 11 is 0. The lowest BCUT2D eigenvalue weighted by atomic mass is 9.99. The van der Waals surface area contributed by atoms with Gasteiger partial charge >= 0.3 is 0 Å². The van der Waals surface area contributed by atoms with Gasteiger partial charge in [-0.15, -0.1) is 0 Å². The number of hydrogen-bond acceptors (Lipinski definition) is 3. The van der Waals surface area contributed by atoms with Gasteiger partial charge in [-0.05, 0) is 67.1 Å². The molecule has 144 valence electrons. The van der Waals surface area contributed by atoms with Crippen LogP contribution in [0, 0.1) is 19.8 Å². The maximum Gasteiger partial charge on any atom is 0.262 e. The van der Waals surface area contributed by atoms with Crippen LogP contribution < -0.4 is 9.62 Å². The van der Waals surface area contributed by atoms with Gasteiger partial charge in [-0.25, -0.2) is 8.42 Å². The van der Waals surface area contributed by atoms with Gasteiger partial charge < -0.3 is 4.90 Å². The minimum absolute atomic E-state index is 0.125. The number of rotatable bonds is 5. The maximum atomic E-state index is 12.8. The molecule has 0 radical (unpaired) electrons. The van der Waals surface area contributed by atoms with Crippen LogP contribution in [0.3, 0.4) is 0 Å². The van der Waals surface area contributed by atoms with Gasteiger partial charge in [0, 0.05) is 24.3 Å². The lowest BCUT2D eigenvalue weighted by Crippen LogP contribution is -2.37. The largest absolute Gasteiger partial charge is 0.312 e. The molecule has 1 aliphatic heterocycles. The van der Waals surface area contributed by atoms with Gasteiger partial charge in [-0.3, -0.25) is 9.52 Å². The number of nitrogens with one attached hydrogen (secondary N) is 1. The highest BCUT2D eigenvalue weighted by molar-refractivity contribution is 7.92. The predicted molar refractivity (Wildman–Crippen MR) is 109 cm³/mol. The van der Waals surface area contributed by atoms with Crippen molar-refractivity contribution < 1.29 is 13.2 Å². The van der Waals surface area contributed by atoms with E-state index in [1.54, 1.807) is 19.1 Å². The number of sulfonamides is 1. The Morgan fingerprint density at radius 2 is 1.81 bits per heavy atom. The van der Waals surface area contributed by atoms with E-state index in [0.29, 0.717) is 36.6 Å². The van der Waals surface area contributed by atoms with Gasteiger partial charge in [0.1, 0.15) is 0 Å². The molecule has 1 aliphatic rings. The van der Waals surface area contributed by atoms with Gasteiger partial charge in [-0.2, -0.15) is 0 Å². The fourth-order valence-electron chi connectivity index (χ4n) is 3.40. The molecular formula is C21H26N2O3S. The predicted octanol–water partition coefficient (Wildman–Crippen LogP) is 4.04. The third kappa shape index (κ3) is 4.16. The fourth-order valence-corrected chi connectivity index (χ4v) is 4.78. The van der Waals surface area contributed by atoms with Crippen LogP contribution in [-0.2, 0) is 21.2 Å². The van der Waals surface area contributed by atoms with Crippen molar-refractivity contribution in [3.8, 4) is 0 Å². The lowest BCUT2D eigenvalue weighted by Gasteiger charge is -2.31. The first kappa shape index (κ1) is 19.4. The van der Waals surface area contributed by atoms with E-state index < -0.39 is 10.0 Å². The second kappa shape index (κ2) is 7.35. The molecule has 27 heavy (non-hydrogen) atoms. The molecule has 0 aromatic heterocycles. The van der Waals surface area contributed by atoms with Crippen molar-refractivity contribution in [2.45, 2.75) is 45.4 Å². The number of amides is 1. The highest BCUT2D eigenvalue weighted by Crippen LogP contribution is 2.32. The van der Waals surface area contributed by atoms with E-state index in [0.717, 1.165) is 16.8 Å². The van der Waals surface area contributed by atoms with Crippen LogP contribution in [0.1, 0.15) is 37.0 Å². The Morgan fingerprint density at radius 3 is 2.52 bits per heavy atom. The Kier molecular flexibility index (Phi) is 5.29. The van der Waals surface area contributed by atoms with Crippen molar-refractivity contribution in [3.63, 3.8) is 0 Å². The highest BCUT2D eigenvalue weighted by Gasteiger charge is 2.25. The number of anilines is 2. The molecule has 0 bridgehead atoms. The van der Waals surface area contributed by atoms with Crippen molar-refractivity contribution >= 4 is 27.3 Å². The molecule has 3 rings (SSSR count). The molecular weight excluding hydrogens is 360 g/mol. The highest BCUT2D eigenvalue weighted by atomic mass is 32.2. The number of carbonyl (C=O) groups excluding carboxylic acids is 1. The Hall–Kier alpha value is -2.34. The first-order valence-corrected chi connectivity index (χ1v) is 10.7. The van der Waals surface area contributed by atoms with Crippen LogP contribution in [0.5, 0.6) is 0 Å². The van der Waals surface area contributed by atoms with E-state index in [1.165, 1.54) is 0 Å². The molecule has 6 heteroatoms. The monoisotopic (exact) mass is 386 g/mol. The second-order valence-electron chi connectivity index (χ2n) is 7.62. The first-order chi connectivity index (χ1) is 12.7. The van der Waals surface area contributed by atoms with Gasteiger partial charge in [-0.1, -0.05) is 26.0 Å². The summed E-state index contributed by atoms with van der Waals surface area (Å²) in [5.74, 6) is 0.488. The molecule has 2 aromatic carbocycles. The molecule has 0 unspecified atom stereocenters. The van der Waals surface area contributed by atoms with Crippen LogP contribution in [0.2, 0.25) is 0 Å². The lowest BCUT2D eigenvalue weighted by molar-refractivity contribution is -0.119. The molecule has 0 saturated heterocycles. The van der Waals surface area contributed by atoms with Crippen molar-refractivity contribution in [1.29, 1.82) is 0 Å². The van der Waals surface area contributed by atoms with Crippen LogP contribution in [0.25, 0.3) is 0 Å². The topological polar surface area (TPSA) is 66.5 Å². The summed E-state index contributed by atoms with van der Waals surface area (Å²) in [6, 6.07) is 10.8. The van der Waals surface area contributed by atoms with Crippen molar-refractivity contribution in [1.82, 2.24) is 0 Å². The van der Waals surface area contributed by atoms with Gasteiger partial charge in [0.25, 0.3) is 10.0 Å². The van der Waals surface area contributed by atoms with Gasteiger partial charge in [0.15, 0.2) is 0 Å². The average molecular weight is 387 g/mol. The normalized spacial score (nSPS) is 14.4. The van der Waals surface area contributed by atoms with E-state index in [9.17, 15) is 13.2 Å². The van der Waals surface area contributed by atoms with Gasteiger partial charge in [0.2, 0.25) is 5.91 Å². The van der Waals surface area contributed by atoms with Gasteiger partial charge in [0.05, 0.1) is 4.90 Å². The summed E-state index contributed by atoms with van der Waals surface area (Å²) < 4.78 is 28.3. The number of hydrogen-bond donors (Lipinski definition) is 1. The van der Waals surface area contributed by atoms with E-state index in [4.69, 9.17) is 0 Å². The molecule has 0 spiro atoms.